The van der Waals surface area contributed by atoms with Crippen LogP contribution in [-0.4, -0.2) is 0 Å². The molecule has 298 valence electrons. The fourth-order valence-electron chi connectivity index (χ4n) is 10.5. The second-order valence-electron chi connectivity index (χ2n) is 17.7. The van der Waals surface area contributed by atoms with E-state index in [-0.39, 0.29) is 10.8 Å². The Hall–Kier alpha value is -7.14. The Morgan fingerprint density at radius 3 is 1.50 bits per heavy atom. The van der Waals surface area contributed by atoms with E-state index >= 15 is 0 Å². The SMILES string of the molecule is CC1(C)c2cc(N(c3ccccc3)c3ccccc3-c3ccccc3)ccc2-c2sc3c(c21)C(C)(C)c1cc(N(c2ccccc2)c2cccc4c2oc2ccccc24)ccc1-3. The lowest BCUT2D eigenvalue weighted by Crippen LogP contribution is -2.23. The molecule has 2 aliphatic carbocycles. The average molecular weight is 817 g/mol. The largest absolute Gasteiger partial charge is 0.454 e. The molecule has 0 bridgehead atoms. The van der Waals surface area contributed by atoms with Crippen LogP contribution >= 0.6 is 11.3 Å². The standard InChI is InChI=1S/C58H44N2OS/c1-57(2)47-35-40(59(38-21-10-6-11-22-38)49-28-16-14-25-42(49)37-19-8-5-9-20-37)31-33-45(47)55-52(57)53-56(62-55)46-34-32-41(36-48(46)58(53,3)4)60(39-23-12-7-13-24-39)50-29-18-27-44-43-26-15-17-30-51(43)61-54(44)50/h5-36H,1-4H3. The van der Waals surface area contributed by atoms with Crippen molar-refractivity contribution in [2.45, 2.75) is 38.5 Å². The Morgan fingerprint density at radius 1 is 0.403 bits per heavy atom. The number of hydrogen-bond donors (Lipinski definition) is 0. The molecule has 2 aromatic heterocycles. The van der Waals surface area contributed by atoms with Crippen LogP contribution in [0.1, 0.15) is 49.9 Å². The van der Waals surface area contributed by atoms with E-state index in [1.165, 1.54) is 54.3 Å². The van der Waals surface area contributed by atoms with Crippen LogP contribution in [0.15, 0.2) is 199 Å². The summed E-state index contributed by atoms with van der Waals surface area (Å²) in [6.07, 6.45) is 0. The molecule has 8 aromatic carbocycles. The van der Waals surface area contributed by atoms with Crippen LogP contribution in [0.2, 0.25) is 0 Å². The van der Waals surface area contributed by atoms with Crippen LogP contribution in [0.25, 0.3) is 53.9 Å². The third-order valence-electron chi connectivity index (χ3n) is 13.4. The first-order chi connectivity index (χ1) is 30.3. The summed E-state index contributed by atoms with van der Waals surface area (Å²) in [5.74, 6) is 0. The van der Waals surface area contributed by atoms with Crippen molar-refractivity contribution in [1.82, 2.24) is 0 Å². The molecule has 0 radical (unpaired) electrons. The van der Waals surface area contributed by atoms with E-state index in [9.17, 15) is 0 Å². The third kappa shape index (κ3) is 5.36. The molecule has 3 nitrogen and oxygen atoms in total. The Kier molecular flexibility index (Phi) is 8.10. The van der Waals surface area contributed by atoms with Crippen LogP contribution in [0, 0.1) is 0 Å². The quantitative estimate of drug-likeness (QED) is 0.160. The summed E-state index contributed by atoms with van der Waals surface area (Å²) in [4.78, 5) is 7.61. The first-order valence-electron chi connectivity index (χ1n) is 21.5. The number of benzene rings is 8. The van der Waals surface area contributed by atoms with Crippen LogP contribution in [-0.2, 0) is 10.8 Å². The molecule has 0 spiro atoms. The number of hydrogen-bond acceptors (Lipinski definition) is 4. The Bertz CT molecular complexity index is 3360. The van der Waals surface area contributed by atoms with Crippen LogP contribution < -0.4 is 9.80 Å². The molecule has 0 aliphatic heterocycles. The monoisotopic (exact) mass is 816 g/mol. The maximum absolute atomic E-state index is 6.64. The predicted molar refractivity (Wildman–Crippen MR) is 262 cm³/mol. The van der Waals surface area contributed by atoms with Gasteiger partial charge in [-0.3, -0.25) is 0 Å². The fraction of sp³-hybridized carbons (Fsp3) is 0.103. The van der Waals surface area contributed by atoms with Gasteiger partial charge in [0.2, 0.25) is 0 Å². The van der Waals surface area contributed by atoms with Crippen molar-refractivity contribution in [3.05, 3.63) is 216 Å². The van der Waals surface area contributed by atoms with Gasteiger partial charge in [-0.05, 0) is 106 Å². The van der Waals surface area contributed by atoms with E-state index in [1.54, 1.807) is 0 Å². The van der Waals surface area contributed by atoms with Crippen LogP contribution in [0.5, 0.6) is 0 Å². The molecule has 0 amide bonds. The lowest BCUT2D eigenvalue weighted by Gasteiger charge is -2.31. The van der Waals surface area contributed by atoms with Gasteiger partial charge in [0.25, 0.3) is 0 Å². The van der Waals surface area contributed by atoms with Gasteiger partial charge in [-0.25, -0.2) is 0 Å². The van der Waals surface area contributed by atoms with E-state index < -0.39 is 0 Å². The third-order valence-corrected chi connectivity index (χ3v) is 14.7. The maximum Gasteiger partial charge on any atom is 0.159 e. The van der Waals surface area contributed by atoms with Crippen molar-refractivity contribution in [1.29, 1.82) is 0 Å². The first kappa shape index (κ1) is 36.7. The minimum Gasteiger partial charge on any atom is -0.454 e. The Balaban J connectivity index is 0.973. The van der Waals surface area contributed by atoms with Gasteiger partial charge in [0.15, 0.2) is 5.58 Å². The molecule has 0 saturated carbocycles. The molecule has 0 atom stereocenters. The molecule has 2 heterocycles. The van der Waals surface area contributed by atoms with Gasteiger partial charge >= 0.3 is 0 Å². The zero-order valence-corrected chi connectivity index (χ0v) is 36.0. The molecule has 0 saturated heterocycles. The lowest BCUT2D eigenvalue weighted by atomic mass is 9.74. The topological polar surface area (TPSA) is 19.6 Å². The van der Waals surface area contributed by atoms with Crippen molar-refractivity contribution in [3.63, 3.8) is 0 Å². The molecular formula is C58H44N2OS. The summed E-state index contributed by atoms with van der Waals surface area (Å²) in [5.41, 5.74) is 18.8. The Labute approximate surface area is 366 Å². The molecule has 10 aromatic rings. The summed E-state index contributed by atoms with van der Waals surface area (Å²) in [6.45, 7) is 9.75. The van der Waals surface area contributed by atoms with Gasteiger partial charge in [-0.1, -0.05) is 155 Å². The fourth-order valence-corrected chi connectivity index (χ4v) is 12.2. The highest BCUT2D eigenvalue weighted by Gasteiger charge is 2.48. The van der Waals surface area contributed by atoms with Gasteiger partial charge in [0, 0.05) is 59.7 Å². The second kappa shape index (κ2) is 13.7. The van der Waals surface area contributed by atoms with Crippen molar-refractivity contribution in [2.75, 3.05) is 9.80 Å². The van der Waals surface area contributed by atoms with E-state index in [1.807, 2.05) is 17.4 Å². The van der Waals surface area contributed by atoms with Gasteiger partial charge < -0.3 is 14.2 Å². The van der Waals surface area contributed by atoms with E-state index in [0.29, 0.717) is 0 Å². The van der Waals surface area contributed by atoms with Gasteiger partial charge in [-0.2, -0.15) is 0 Å². The highest BCUT2D eigenvalue weighted by atomic mass is 32.1. The summed E-state index contributed by atoms with van der Waals surface area (Å²) in [7, 11) is 0. The first-order valence-corrected chi connectivity index (χ1v) is 22.3. The molecule has 0 unspecified atom stereocenters. The van der Waals surface area contributed by atoms with Crippen molar-refractivity contribution in [3.8, 4) is 32.0 Å². The molecule has 4 heteroatoms. The number of anilines is 6. The zero-order valence-electron chi connectivity index (χ0n) is 35.2. The van der Waals surface area contributed by atoms with Gasteiger partial charge in [0.05, 0.1) is 11.4 Å². The second-order valence-corrected chi connectivity index (χ2v) is 18.7. The van der Waals surface area contributed by atoms with Crippen molar-refractivity contribution >= 4 is 67.4 Å². The molecule has 0 fully saturated rings. The highest BCUT2D eigenvalue weighted by Crippen LogP contribution is 2.64. The van der Waals surface area contributed by atoms with Crippen molar-refractivity contribution < 1.29 is 4.42 Å². The molecule has 62 heavy (non-hydrogen) atoms. The highest BCUT2D eigenvalue weighted by molar-refractivity contribution is 7.19. The van der Waals surface area contributed by atoms with Gasteiger partial charge in [0.1, 0.15) is 5.58 Å². The number of rotatable bonds is 7. The molecule has 0 N–H and O–H groups in total. The van der Waals surface area contributed by atoms with E-state index in [4.69, 9.17) is 4.42 Å². The number of furan rings is 1. The lowest BCUT2D eigenvalue weighted by molar-refractivity contribution is 0.603. The molecule has 2 aliphatic rings. The predicted octanol–water partition coefficient (Wildman–Crippen LogP) is 16.9. The maximum atomic E-state index is 6.64. The molecular weight excluding hydrogens is 773 g/mol. The summed E-state index contributed by atoms with van der Waals surface area (Å²) >= 11 is 1.98. The van der Waals surface area contributed by atoms with Crippen LogP contribution in [0.4, 0.5) is 34.1 Å². The minimum absolute atomic E-state index is 0.221. The molecule has 12 rings (SSSR count). The number of thiophene rings is 1. The summed E-state index contributed by atoms with van der Waals surface area (Å²) in [6, 6.07) is 70.2. The zero-order chi connectivity index (χ0) is 41.7. The minimum atomic E-state index is -0.231. The number of nitrogens with zero attached hydrogens (tertiary/aromatic N) is 2. The smallest absolute Gasteiger partial charge is 0.159 e. The van der Waals surface area contributed by atoms with E-state index in [2.05, 4.69) is 226 Å². The number of fused-ring (bicyclic) bond motifs is 10. The van der Waals surface area contributed by atoms with Crippen LogP contribution in [0.3, 0.4) is 0 Å². The normalized spacial score (nSPS) is 14.1. The number of para-hydroxylation sites is 5. The average Bonchev–Trinajstić information content (AvgIpc) is 4.02. The van der Waals surface area contributed by atoms with Crippen molar-refractivity contribution in [2.24, 2.45) is 0 Å². The summed E-state index contributed by atoms with van der Waals surface area (Å²) in [5, 5.41) is 2.25. The van der Waals surface area contributed by atoms with E-state index in [0.717, 1.165) is 56.1 Å². The Morgan fingerprint density at radius 2 is 0.887 bits per heavy atom. The van der Waals surface area contributed by atoms with Gasteiger partial charge in [-0.15, -0.1) is 11.3 Å². The summed E-state index contributed by atoms with van der Waals surface area (Å²) < 4.78 is 6.64.